The van der Waals surface area contributed by atoms with Crippen LogP contribution in [-0.4, -0.2) is 80.4 Å². The number of fused-ring (bicyclic) bond motifs is 5. The van der Waals surface area contributed by atoms with Gasteiger partial charge in [0.05, 0.1) is 28.2 Å². The molecule has 3 N–H and O–H groups in total. The highest BCUT2D eigenvalue weighted by Crippen LogP contribution is 2.68. The van der Waals surface area contributed by atoms with Crippen molar-refractivity contribution >= 4 is 65.6 Å². The van der Waals surface area contributed by atoms with Gasteiger partial charge in [-0.3, -0.25) is 18.9 Å². The molecule has 15 nitrogen and oxygen atoms in total. The minimum Gasteiger partial charge on any atom is -0.444 e. The lowest BCUT2D eigenvalue weighted by Crippen LogP contribution is -2.54. The normalized spacial score (nSPS) is 19.2. The molecular weight excluding hydrogens is 946 g/mol. The van der Waals surface area contributed by atoms with Crippen molar-refractivity contribution in [1.82, 2.24) is 40.2 Å². The average Bonchev–Trinajstić information content (AvgIpc) is 3.47. The highest BCUT2D eigenvalue weighted by molar-refractivity contribution is 7.92. The third-order valence-electron chi connectivity index (χ3n) is 12.3. The predicted molar refractivity (Wildman–Crippen MR) is 238 cm³/mol. The van der Waals surface area contributed by atoms with E-state index < -0.39 is 98.3 Å². The number of aromatic nitrogens is 6. The molecule has 24 heteroatoms. The second kappa shape index (κ2) is 16.3. The van der Waals surface area contributed by atoms with Crippen LogP contribution in [0.15, 0.2) is 42.5 Å². The number of nitrogens with one attached hydrogen (secondary N) is 3. The molecule has 362 valence electrons. The van der Waals surface area contributed by atoms with Gasteiger partial charge in [0.1, 0.15) is 29.5 Å². The molecule has 2 amide bonds. The molecule has 1 aliphatic heterocycles. The Morgan fingerprint density at radius 2 is 1.69 bits per heavy atom. The number of ether oxygens (including phenoxy) is 1. The van der Waals surface area contributed by atoms with Gasteiger partial charge in [-0.25, -0.2) is 27.0 Å². The fourth-order valence-electron chi connectivity index (χ4n) is 9.30. The fourth-order valence-corrected chi connectivity index (χ4v) is 10.8. The van der Waals surface area contributed by atoms with Crippen LogP contribution in [0.3, 0.4) is 0 Å². The number of thiazole rings is 1. The Hall–Kier alpha value is -6.04. The average molecular weight is 991 g/mol. The van der Waals surface area contributed by atoms with Crippen molar-refractivity contribution in [2.24, 2.45) is 13.0 Å². The van der Waals surface area contributed by atoms with Gasteiger partial charge in [-0.15, -0.1) is 0 Å². The minimum atomic E-state index is -5.08. The van der Waals surface area contributed by atoms with E-state index in [9.17, 15) is 40.0 Å². The fraction of sp³-hybridized carbons (Fsp3) is 0.455. The number of para-hydroxylation sites is 1. The van der Waals surface area contributed by atoms with Gasteiger partial charge in [-0.1, -0.05) is 23.5 Å². The summed E-state index contributed by atoms with van der Waals surface area (Å²) in [6.45, 7) is 7.08. The van der Waals surface area contributed by atoms with Crippen molar-refractivity contribution in [3.8, 4) is 11.1 Å². The summed E-state index contributed by atoms with van der Waals surface area (Å²) in [7, 11) is -2.24. The summed E-state index contributed by atoms with van der Waals surface area (Å²) in [4.78, 5) is 38.7. The number of benzene rings is 2. The van der Waals surface area contributed by atoms with Crippen LogP contribution in [0.5, 0.6) is 0 Å². The first-order valence-electron chi connectivity index (χ1n) is 21.5. The lowest BCUT2D eigenvalue weighted by Gasteiger charge is -2.40. The number of pyridine rings is 1. The van der Waals surface area contributed by atoms with E-state index in [4.69, 9.17) is 14.7 Å². The number of nitrogens with zero attached hydrogens (tertiary/aromatic N) is 7. The van der Waals surface area contributed by atoms with Crippen molar-refractivity contribution in [3.05, 3.63) is 82.3 Å². The maximum Gasteiger partial charge on any atom is 0.435 e. The lowest BCUT2D eigenvalue weighted by atomic mass is 9.90. The Morgan fingerprint density at radius 1 is 1.00 bits per heavy atom. The lowest BCUT2D eigenvalue weighted by molar-refractivity contribution is -0.142. The van der Waals surface area contributed by atoms with Gasteiger partial charge < -0.3 is 20.3 Å². The van der Waals surface area contributed by atoms with Crippen LogP contribution in [-0.2, 0) is 51.7 Å². The van der Waals surface area contributed by atoms with Gasteiger partial charge in [0.2, 0.25) is 15.9 Å². The van der Waals surface area contributed by atoms with Crippen LogP contribution in [0.2, 0.25) is 0 Å². The van der Waals surface area contributed by atoms with Gasteiger partial charge in [-0.05, 0) is 89.1 Å². The smallest absolute Gasteiger partial charge is 0.435 e. The summed E-state index contributed by atoms with van der Waals surface area (Å²) < 4.78 is 138. The number of halogens is 7. The number of rotatable bonds is 11. The first-order valence-corrected chi connectivity index (χ1v) is 24.2. The topological polar surface area (TPSA) is 178 Å². The zero-order valence-electron chi connectivity index (χ0n) is 37.4. The zero-order valence-corrected chi connectivity index (χ0v) is 39.0. The summed E-state index contributed by atoms with van der Waals surface area (Å²) in [5, 5.41) is 14.5. The Labute approximate surface area is 388 Å². The number of carbonyl (C=O) groups is 2. The predicted octanol–water partition coefficient (Wildman–Crippen LogP) is 8.30. The van der Waals surface area contributed by atoms with Crippen LogP contribution in [0.25, 0.3) is 32.4 Å². The summed E-state index contributed by atoms with van der Waals surface area (Å²) >= 11 is 1.29. The molecule has 0 bridgehead atoms. The van der Waals surface area contributed by atoms with Gasteiger partial charge in [0.25, 0.3) is 5.92 Å². The largest absolute Gasteiger partial charge is 0.444 e. The Balaban J connectivity index is 1.14. The molecule has 1 saturated heterocycles. The van der Waals surface area contributed by atoms with Crippen molar-refractivity contribution in [2.75, 3.05) is 29.0 Å². The van der Waals surface area contributed by atoms with E-state index in [0.29, 0.717) is 68.5 Å². The quantitative estimate of drug-likeness (QED) is 0.107. The summed E-state index contributed by atoms with van der Waals surface area (Å²) in [5.41, 5.74) is -3.01. The van der Waals surface area contributed by atoms with Gasteiger partial charge in [0.15, 0.2) is 22.3 Å². The zero-order chi connectivity index (χ0) is 49.0. The molecule has 3 atom stereocenters. The van der Waals surface area contributed by atoms with E-state index in [1.54, 1.807) is 52.1 Å². The van der Waals surface area contributed by atoms with Crippen LogP contribution < -0.4 is 20.3 Å². The van der Waals surface area contributed by atoms with Crippen molar-refractivity contribution in [2.45, 2.75) is 95.1 Å². The van der Waals surface area contributed by atoms with Crippen LogP contribution in [0.1, 0.15) is 87.1 Å². The number of aryl methyl sites for hydroxylation is 1. The molecule has 9 rings (SSSR count). The number of sulfonamides is 1. The molecule has 1 saturated carbocycles. The van der Waals surface area contributed by atoms with E-state index in [0.717, 1.165) is 18.4 Å². The molecule has 68 heavy (non-hydrogen) atoms. The number of carbonyl (C=O) groups excluding carboxylic acids is 2. The Kier molecular flexibility index (Phi) is 11.3. The molecular formula is C44H45F7N10O5S2. The van der Waals surface area contributed by atoms with Crippen LogP contribution in [0.4, 0.5) is 46.5 Å². The minimum absolute atomic E-state index is 0.000258. The van der Waals surface area contributed by atoms with Gasteiger partial charge in [-0.2, -0.15) is 37.1 Å². The van der Waals surface area contributed by atoms with E-state index in [-0.39, 0.29) is 35.6 Å². The summed E-state index contributed by atoms with van der Waals surface area (Å²) in [6, 6.07) is 8.01. The third kappa shape index (κ3) is 9.15. The number of alkyl carbamates (subject to hydrolysis) is 1. The first-order chi connectivity index (χ1) is 31.7. The van der Waals surface area contributed by atoms with E-state index in [1.165, 1.54) is 16.0 Å². The van der Waals surface area contributed by atoms with Crippen LogP contribution in [0, 0.1) is 17.6 Å². The van der Waals surface area contributed by atoms with Crippen LogP contribution >= 0.6 is 11.3 Å². The summed E-state index contributed by atoms with van der Waals surface area (Å²) in [6.07, 6.45) is -4.15. The standard InChI is InChI=1S/C44H45F7N10O5S2/c1-41(2,3)66-40(63)55-42(4)10-12-60(13-11-42)39-54-38-30(67-39)19-26(24-8-7-9-25-34(24)59(5)57-37(25)58-68(6,64)65)33(53-38)29(16-21-14-22(45)17-23(46)15-21)52-31(62)20-61-36-32(35(56-61)44(49,50)51)27-18-28(27)43(36,47)48/h7-9,14-15,17,19,27-29H,10-13,16,18,20H2,1-6H3,(H,52,62)(H,55,63)(H,57,58)/t27-,28?,29?/m0/s1. The molecule has 5 heterocycles. The molecule has 2 unspecified atom stereocenters. The molecule has 3 aliphatic rings. The first kappa shape index (κ1) is 47.0. The molecule has 0 radical (unpaired) electrons. The monoisotopic (exact) mass is 990 g/mol. The number of amides is 2. The second-order valence-corrected chi connectivity index (χ2v) is 21.7. The van der Waals surface area contributed by atoms with Crippen molar-refractivity contribution in [1.29, 1.82) is 0 Å². The van der Waals surface area contributed by atoms with E-state index in [2.05, 4.69) is 25.6 Å². The molecule has 4 aromatic heterocycles. The van der Waals surface area contributed by atoms with E-state index in [1.807, 2.05) is 11.8 Å². The number of anilines is 2. The maximum absolute atomic E-state index is 15.6. The second-order valence-electron chi connectivity index (χ2n) is 18.9. The number of alkyl halides is 5. The maximum atomic E-state index is 15.6. The Morgan fingerprint density at radius 3 is 2.34 bits per heavy atom. The third-order valence-corrected chi connectivity index (χ3v) is 13.9. The number of piperidine rings is 1. The molecule has 2 aromatic carbocycles. The van der Waals surface area contributed by atoms with Gasteiger partial charge >= 0.3 is 12.3 Å². The molecule has 2 aliphatic carbocycles. The van der Waals surface area contributed by atoms with Crippen molar-refractivity contribution < 1.29 is 53.5 Å². The molecule has 0 spiro atoms. The molecule has 6 aromatic rings. The number of hydrogen-bond acceptors (Lipinski definition) is 11. The molecule has 2 fully saturated rings. The summed E-state index contributed by atoms with van der Waals surface area (Å²) in [5.74, 6) is -9.06. The highest BCUT2D eigenvalue weighted by Gasteiger charge is 2.68. The SMILES string of the molecule is Cn1nc(NS(C)(=O)=O)c2cccc(-c3cc4sc(N5CCC(C)(NC(=O)OC(C)(C)C)CC5)nc4nc3C(Cc3cc(F)cc(F)c3)NC(=O)Cn3nc(C(F)(F)F)c4c3C(F)(F)C3C[C@H]43)c21. The van der Waals surface area contributed by atoms with Gasteiger partial charge in [0, 0.05) is 59.7 Å². The van der Waals surface area contributed by atoms with E-state index >= 15 is 8.78 Å². The highest BCUT2D eigenvalue weighted by atomic mass is 32.2. The Bertz CT molecular complexity index is 3120. The number of hydrogen-bond donors (Lipinski definition) is 3. The van der Waals surface area contributed by atoms with Crippen molar-refractivity contribution in [3.63, 3.8) is 0 Å².